The molecule has 0 spiro atoms. The van der Waals surface area contributed by atoms with Gasteiger partial charge >= 0.3 is 0 Å². The number of nitrogens with zero attached hydrogens (tertiary/aromatic N) is 1. The van der Waals surface area contributed by atoms with Crippen LogP contribution in [0.4, 0.5) is 11.4 Å². The fourth-order valence-corrected chi connectivity index (χ4v) is 13.5. The SMILES string of the molecule is COCC(=O)Nc1c(I)c(C(=O)NCC(O)CO)c(I)c(C(=O)N(C)CC(O)CO)c1I.C[C@H](O)C(=O)Nc1c(I)c(C(=O)NC(CO)CO)c(I)c(C(=O)NC(CO)CO)c1I. The van der Waals surface area contributed by atoms with Crippen LogP contribution in [-0.2, 0) is 14.3 Å². The zero-order valence-electron chi connectivity index (χ0n) is 33.3. The molecule has 0 aromatic heterocycles. The summed E-state index contributed by atoms with van der Waals surface area (Å²) in [5, 5.41) is 96.4. The van der Waals surface area contributed by atoms with E-state index in [0.717, 1.165) is 0 Å². The standard InChI is InChI=1S/C18H24I3N3O8.C17H22I3N3O8/c1-24(4-9(28)6-26)18(31)12-13(19)11(17(30)22-3-8(27)5-25)14(20)16(15(12)21)23-10(29)7-32-2;1-6(28)15(29)23-14-12(19)9(16(30)21-7(2-24)3-25)11(18)10(13(14)20)17(31)22-8(4-26)5-27/h8-9,25-28H,3-7H2,1-2H3,(H,22,30)(H,23,29);6-8,24-28H,2-5H2,1H3,(H,21,30)(H,22,31)(H,23,29)/t;6-/m.0/s1. The highest BCUT2D eigenvalue weighted by atomic mass is 127. The Labute approximate surface area is 442 Å². The zero-order chi connectivity index (χ0) is 48.5. The molecule has 0 aliphatic carbocycles. The predicted molar refractivity (Wildman–Crippen MR) is 276 cm³/mol. The van der Waals surface area contributed by atoms with E-state index < -0.39 is 105 Å². The lowest BCUT2D eigenvalue weighted by atomic mass is 10.1. The Morgan fingerprint density at radius 1 is 0.587 bits per heavy atom. The summed E-state index contributed by atoms with van der Waals surface area (Å²) in [5.41, 5.74) is 0.579. The number of amides is 6. The number of carbonyl (C=O) groups is 6. The third-order valence-electron chi connectivity index (χ3n) is 8.00. The number of rotatable bonds is 21. The molecule has 0 radical (unpaired) electrons. The third-order valence-corrected chi connectivity index (χ3v) is 14.5. The summed E-state index contributed by atoms with van der Waals surface area (Å²) < 4.78 is 6.62. The van der Waals surface area contributed by atoms with Gasteiger partial charge in [-0.15, -0.1) is 0 Å². The average molecular weight is 1570 g/mol. The minimum absolute atomic E-state index is 0.00380. The van der Waals surface area contributed by atoms with Crippen LogP contribution in [0, 0.1) is 21.4 Å². The maximum atomic E-state index is 13.2. The molecule has 3 atom stereocenters. The summed E-state index contributed by atoms with van der Waals surface area (Å²) in [6.45, 7) is -2.51. The van der Waals surface area contributed by atoms with Crippen molar-refractivity contribution in [2.45, 2.75) is 37.3 Å². The molecule has 0 aliphatic heterocycles. The quantitative estimate of drug-likeness (QED) is 0.0638. The van der Waals surface area contributed by atoms with E-state index in [9.17, 15) is 64.5 Å². The molecule has 63 heavy (non-hydrogen) atoms. The van der Waals surface area contributed by atoms with Gasteiger partial charge in [-0.3, -0.25) is 28.8 Å². The van der Waals surface area contributed by atoms with E-state index in [4.69, 9.17) is 14.9 Å². The predicted octanol–water partition coefficient (Wildman–Crippen LogP) is -1.42. The lowest BCUT2D eigenvalue weighted by Gasteiger charge is -2.24. The summed E-state index contributed by atoms with van der Waals surface area (Å²) in [6.07, 6.45) is -3.67. The summed E-state index contributed by atoms with van der Waals surface area (Å²) in [6, 6.07) is -1.89. The van der Waals surface area contributed by atoms with Gasteiger partial charge in [0.25, 0.3) is 29.5 Å². The van der Waals surface area contributed by atoms with E-state index >= 15 is 0 Å². The number of anilines is 2. The van der Waals surface area contributed by atoms with Gasteiger partial charge in [0.2, 0.25) is 5.91 Å². The van der Waals surface area contributed by atoms with Gasteiger partial charge in [0.15, 0.2) is 0 Å². The summed E-state index contributed by atoms with van der Waals surface area (Å²) in [5.74, 6) is -3.82. The highest BCUT2D eigenvalue weighted by Crippen LogP contribution is 2.37. The van der Waals surface area contributed by atoms with Gasteiger partial charge in [0, 0.05) is 34.4 Å². The monoisotopic (exact) mass is 1570 g/mol. The van der Waals surface area contributed by atoms with Crippen molar-refractivity contribution in [2.75, 3.05) is 84.1 Å². The first kappa shape index (κ1) is 60.3. The number of aliphatic hydroxyl groups is 9. The highest BCUT2D eigenvalue weighted by Gasteiger charge is 2.32. The number of aliphatic hydroxyl groups excluding tert-OH is 9. The Kier molecular flexibility index (Phi) is 28.6. The Hall–Kier alpha value is -0.760. The van der Waals surface area contributed by atoms with Crippen LogP contribution in [0.2, 0.25) is 0 Å². The number of methoxy groups -OCH3 is 1. The van der Waals surface area contributed by atoms with Crippen LogP contribution in [0.3, 0.4) is 0 Å². The topological polar surface area (TPSA) is 357 Å². The van der Waals surface area contributed by atoms with Crippen molar-refractivity contribution in [1.29, 1.82) is 0 Å². The lowest BCUT2D eigenvalue weighted by molar-refractivity contribution is -0.123. The number of hydrogen-bond donors (Lipinski definition) is 14. The Morgan fingerprint density at radius 2 is 0.984 bits per heavy atom. The van der Waals surface area contributed by atoms with Gasteiger partial charge < -0.3 is 82.2 Å². The normalized spacial score (nSPS) is 12.4. The maximum Gasteiger partial charge on any atom is 0.255 e. The molecule has 0 saturated heterocycles. The lowest BCUT2D eigenvalue weighted by Crippen LogP contribution is -2.42. The highest BCUT2D eigenvalue weighted by molar-refractivity contribution is 14.1. The number of likely N-dealkylation sites (N-methyl/N-ethyl adjacent to an activating group) is 1. The minimum Gasteiger partial charge on any atom is -0.394 e. The van der Waals surface area contributed by atoms with Crippen LogP contribution in [-0.4, -0.2) is 190 Å². The van der Waals surface area contributed by atoms with Crippen LogP contribution in [0.5, 0.6) is 0 Å². The van der Waals surface area contributed by atoms with E-state index in [1.54, 1.807) is 22.6 Å². The van der Waals surface area contributed by atoms with E-state index in [0.29, 0.717) is 10.7 Å². The fraction of sp³-hybridized carbons (Fsp3) is 0.486. The van der Waals surface area contributed by atoms with Crippen LogP contribution in [0.1, 0.15) is 48.4 Å². The molecule has 0 bridgehead atoms. The third kappa shape index (κ3) is 17.4. The number of ether oxygens (including phenoxy) is 1. The van der Waals surface area contributed by atoms with Gasteiger partial charge in [-0.1, -0.05) is 0 Å². The fourth-order valence-electron chi connectivity index (χ4n) is 4.69. The number of halogens is 6. The van der Waals surface area contributed by atoms with Crippen molar-refractivity contribution in [3.63, 3.8) is 0 Å². The van der Waals surface area contributed by atoms with Crippen molar-refractivity contribution in [3.05, 3.63) is 43.7 Å². The second-order valence-electron chi connectivity index (χ2n) is 12.9. The number of benzene rings is 2. The van der Waals surface area contributed by atoms with Gasteiger partial charge in [-0.25, -0.2) is 0 Å². The molecule has 2 unspecified atom stereocenters. The van der Waals surface area contributed by atoms with Crippen LogP contribution >= 0.6 is 136 Å². The summed E-state index contributed by atoms with van der Waals surface area (Å²) >= 11 is 11.0. The molecule has 2 rings (SSSR count). The van der Waals surface area contributed by atoms with E-state index in [2.05, 4.69) is 26.6 Å². The molecule has 28 heteroatoms. The second-order valence-corrected chi connectivity index (χ2v) is 19.4. The smallest absolute Gasteiger partial charge is 0.255 e. The first-order valence-corrected chi connectivity index (χ1v) is 24.4. The molecule has 0 fully saturated rings. The summed E-state index contributed by atoms with van der Waals surface area (Å²) in [7, 11) is 2.79. The average Bonchev–Trinajstić information content (AvgIpc) is 3.23. The number of carbonyl (C=O) groups excluding carboxylic acids is 6. The van der Waals surface area contributed by atoms with E-state index in [1.165, 1.54) is 26.0 Å². The molecular weight excluding hydrogens is 1520 g/mol. The Morgan fingerprint density at radius 3 is 1.38 bits per heavy atom. The number of hydrogen-bond acceptors (Lipinski definition) is 16. The Bertz CT molecular complexity index is 1900. The second kappa shape index (κ2) is 29.9. The summed E-state index contributed by atoms with van der Waals surface area (Å²) in [4.78, 5) is 77.3. The first-order valence-electron chi connectivity index (χ1n) is 17.9. The first-order chi connectivity index (χ1) is 29.5. The Balaban J connectivity index is 0.000000630. The molecule has 0 aliphatic rings. The van der Waals surface area contributed by atoms with Gasteiger partial charge in [0.05, 0.1) is 112 Å². The zero-order valence-corrected chi connectivity index (χ0v) is 46.3. The molecular formula is C35H46I6N6O16. The molecule has 0 saturated carbocycles. The van der Waals surface area contributed by atoms with Crippen molar-refractivity contribution in [3.8, 4) is 0 Å². The van der Waals surface area contributed by atoms with Crippen molar-refractivity contribution >= 4 is 182 Å². The van der Waals surface area contributed by atoms with Crippen LogP contribution in [0.15, 0.2) is 0 Å². The molecule has 2 aromatic carbocycles. The van der Waals surface area contributed by atoms with E-state index in [1.807, 2.05) is 113 Å². The van der Waals surface area contributed by atoms with Crippen molar-refractivity contribution in [2.24, 2.45) is 0 Å². The van der Waals surface area contributed by atoms with Gasteiger partial charge in [-0.05, 0) is 142 Å². The molecule has 2 aromatic rings. The minimum atomic E-state index is -1.36. The molecule has 354 valence electrons. The van der Waals surface area contributed by atoms with Crippen LogP contribution in [0.25, 0.3) is 0 Å². The van der Waals surface area contributed by atoms with E-state index in [-0.39, 0.29) is 64.0 Å². The molecule has 6 amide bonds. The molecule has 0 heterocycles. The van der Waals surface area contributed by atoms with Gasteiger partial charge in [-0.2, -0.15) is 0 Å². The van der Waals surface area contributed by atoms with Crippen molar-refractivity contribution in [1.82, 2.24) is 20.9 Å². The number of nitrogens with one attached hydrogen (secondary N) is 5. The largest absolute Gasteiger partial charge is 0.394 e. The van der Waals surface area contributed by atoms with Crippen molar-refractivity contribution < 1.29 is 79.5 Å². The molecule has 14 N–H and O–H groups in total. The maximum absolute atomic E-state index is 13.2. The molecule has 22 nitrogen and oxygen atoms in total. The van der Waals surface area contributed by atoms with Gasteiger partial charge in [0.1, 0.15) is 12.7 Å². The van der Waals surface area contributed by atoms with Crippen LogP contribution < -0.4 is 26.6 Å².